The number of hydrogen-bond donors (Lipinski definition) is 4. The maximum atomic E-state index is 13.1. The number of thioether (sulfide) groups is 1. The number of alkyl carbamates (subject to hydrolysis) is 1. The average Bonchev–Trinajstić information content (AvgIpc) is 2.73. The predicted octanol–water partition coefficient (Wildman–Crippen LogP) is 0.983. The van der Waals surface area contributed by atoms with Crippen LogP contribution in [0.3, 0.4) is 0 Å². The maximum Gasteiger partial charge on any atom is 0.408 e. The Bertz CT molecular complexity index is 958. The fourth-order valence-corrected chi connectivity index (χ4v) is 4.75. The van der Waals surface area contributed by atoms with Crippen LogP contribution in [0.15, 0.2) is 41.6 Å². The van der Waals surface area contributed by atoms with Gasteiger partial charge in [-0.25, -0.2) is 9.59 Å². The number of aliphatic hydroxyl groups is 1. The van der Waals surface area contributed by atoms with Gasteiger partial charge in [-0.1, -0.05) is 30.3 Å². The molecule has 1 aromatic rings. The molecule has 10 nitrogen and oxygen atoms in total. The summed E-state index contributed by atoms with van der Waals surface area (Å²) in [5.41, 5.74) is -0.289. The maximum absolute atomic E-state index is 13.1. The van der Waals surface area contributed by atoms with E-state index in [-0.39, 0.29) is 17.0 Å². The van der Waals surface area contributed by atoms with Crippen molar-refractivity contribution in [2.45, 2.75) is 43.8 Å². The lowest BCUT2D eigenvalue weighted by Gasteiger charge is -2.49. The van der Waals surface area contributed by atoms with Crippen LogP contribution in [0.1, 0.15) is 32.4 Å². The molecule has 1 saturated heterocycles. The third-order valence-electron chi connectivity index (χ3n) is 4.79. The molecule has 0 saturated carbocycles. The van der Waals surface area contributed by atoms with Gasteiger partial charge >= 0.3 is 12.1 Å². The molecule has 0 aliphatic carbocycles. The summed E-state index contributed by atoms with van der Waals surface area (Å²) < 4.78 is 5.25. The molecule has 1 aromatic carbocycles. The molecule has 2 heterocycles. The summed E-state index contributed by atoms with van der Waals surface area (Å²) in [6, 6.07) is 6.41. The number of carbonyl (C=O) groups excluding carboxylic acids is 3. The number of hydrogen-bond acceptors (Lipinski definition) is 7. The summed E-state index contributed by atoms with van der Waals surface area (Å²) in [6.07, 6.45) is -0.793. The molecular formula is C21H25N3O7S. The Morgan fingerprint density at radius 1 is 1.25 bits per heavy atom. The highest BCUT2D eigenvalue weighted by molar-refractivity contribution is 8.00. The van der Waals surface area contributed by atoms with Crippen molar-refractivity contribution in [3.8, 4) is 0 Å². The van der Waals surface area contributed by atoms with Gasteiger partial charge in [0.05, 0.1) is 6.61 Å². The molecule has 0 spiro atoms. The number of aliphatic carboxylic acids is 1. The van der Waals surface area contributed by atoms with Crippen molar-refractivity contribution in [2.75, 3.05) is 12.4 Å². The van der Waals surface area contributed by atoms with Gasteiger partial charge in [0.25, 0.3) is 5.91 Å². The number of β-lactam (4-membered cyclic amide) rings is 1. The summed E-state index contributed by atoms with van der Waals surface area (Å²) in [7, 11) is 0. The average molecular weight is 464 g/mol. The third kappa shape index (κ3) is 4.89. The van der Waals surface area contributed by atoms with Crippen molar-refractivity contribution < 1.29 is 34.1 Å². The molecule has 3 amide bonds. The monoisotopic (exact) mass is 463 g/mol. The number of fused-ring (bicyclic) bond motifs is 1. The van der Waals surface area contributed by atoms with Gasteiger partial charge in [0.1, 0.15) is 28.8 Å². The first-order valence-electron chi connectivity index (χ1n) is 9.89. The van der Waals surface area contributed by atoms with Crippen molar-refractivity contribution in [3.63, 3.8) is 0 Å². The van der Waals surface area contributed by atoms with Crippen LogP contribution in [-0.2, 0) is 19.1 Å². The Morgan fingerprint density at radius 2 is 1.91 bits per heavy atom. The molecular weight excluding hydrogens is 438 g/mol. The van der Waals surface area contributed by atoms with Gasteiger partial charge in [-0.3, -0.25) is 14.5 Å². The number of carboxylic acid groups (broad SMARTS) is 1. The van der Waals surface area contributed by atoms with E-state index in [0.717, 1.165) is 4.90 Å². The second kappa shape index (κ2) is 9.21. The van der Waals surface area contributed by atoms with Gasteiger partial charge < -0.3 is 25.6 Å². The van der Waals surface area contributed by atoms with Crippen molar-refractivity contribution in [2.24, 2.45) is 0 Å². The molecule has 3 atom stereocenters. The quantitative estimate of drug-likeness (QED) is 0.457. The van der Waals surface area contributed by atoms with Gasteiger partial charge in [-0.05, 0) is 31.9 Å². The van der Waals surface area contributed by atoms with E-state index < -0.39 is 53.5 Å². The minimum absolute atomic E-state index is 0.219. The fourth-order valence-electron chi connectivity index (χ4n) is 3.41. The number of aliphatic hydroxyl groups excluding tert-OH is 1. The lowest BCUT2D eigenvalue weighted by atomic mass is 10.0. The van der Waals surface area contributed by atoms with E-state index in [9.17, 15) is 29.4 Å². The van der Waals surface area contributed by atoms with Gasteiger partial charge in [-0.15, -0.1) is 11.8 Å². The van der Waals surface area contributed by atoms with Crippen LogP contribution >= 0.6 is 11.8 Å². The highest BCUT2D eigenvalue weighted by Gasteiger charge is 2.54. The smallest absolute Gasteiger partial charge is 0.408 e. The van der Waals surface area contributed by atoms with Crippen LogP contribution < -0.4 is 10.6 Å². The molecule has 172 valence electrons. The van der Waals surface area contributed by atoms with Crippen LogP contribution in [0, 0.1) is 0 Å². The molecule has 1 unspecified atom stereocenters. The Kier molecular flexibility index (Phi) is 6.79. The zero-order valence-electron chi connectivity index (χ0n) is 17.8. The van der Waals surface area contributed by atoms with E-state index in [1.54, 1.807) is 51.1 Å². The minimum Gasteiger partial charge on any atom is -0.477 e. The SMILES string of the molecule is CC(C)(C)OC(=O)NC(C(=O)N[C@@H]1C(=O)N2C(C(=O)O)=C(CO)CS[C@H]12)c1ccccc1. The molecule has 0 radical (unpaired) electrons. The minimum atomic E-state index is -1.31. The van der Waals surface area contributed by atoms with Gasteiger partial charge in [-0.2, -0.15) is 0 Å². The molecule has 32 heavy (non-hydrogen) atoms. The van der Waals surface area contributed by atoms with E-state index >= 15 is 0 Å². The second-order valence-electron chi connectivity index (χ2n) is 8.30. The zero-order valence-corrected chi connectivity index (χ0v) is 18.6. The Labute approximate surface area is 189 Å². The largest absolute Gasteiger partial charge is 0.477 e. The second-order valence-corrected chi connectivity index (χ2v) is 9.41. The fraction of sp³-hybridized carbons (Fsp3) is 0.429. The zero-order chi connectivity index (χ0) is 23.6. The van der Waals surface area contributed by atoms with Crippen molar-refractivity contribution >= 4 is 35.6 Å². The lowest BCUT2D eigenvalue weighted by Crippen LogP contribution is -2.71. The van der Waals surface area contributed by atoms with Crippen LogP contribution in [0.5, 0.6) is 0 Å². The van der Waals surface area contributed by atoms with E-state index in [2.05, 4.69) is 10.6 Å². The molecule has 2 aliphatic heterocycles. The van der Waals surface area contributed by atoms with Crippen molar-refractivity contribution in [3.05, 3.63) is 47.2 Å². The van der Waals surface area contributed by atoms with Gasteiger partial charge in [0, 0.05) is 5.75 Å². The van der Waals surface area contributed by atoms with E-state index in [1.165, 1.54) is 11.8 Å². The van der Waals surface area contributed by atoms with Crippen LogP contribution in [0.25, 0.3) is 0 Å². The number of nitrogens with one attached hydrogen (secondary N) is 2. The Morgan fingerprint density at radius 3 is 2.47 bits per heavy atom. The summed E-state index contributed by atoms with van der Waals surface area (Å²) in [4.78, 5) is 50.7. The lowest BCUT2D eigenvalue weighted by molar-refractivity contribution is -0.151. The molecule has 0 bridgehead atoms. The predicted molar refractivity (Wildman–Crippen MR) is 115 cm³/mol. The van der Waals surface area contributed by atoms with Crippen molar-refractivity contribution in [1.29, 1.82) is 0 Å². The standard InChI is InChI=1S/C21H25N3O7S/c1-21(2,3)31-20(30)23-13(11-7-5-4-6-8-11)16(26)22-14-17(27)24-15(19(28)29)12(9-25)10-32-18(14)24/h4-8,13-14,18,25H,9-10H2,1-3H3,(H,22,26)(H,23,30)(H,28,29)/t13?,14-,18-/m1/s1. The van der Waals surface area contributed by atoms with E-state index in [4.69, 9.17) is 4.74 Å². The van der Waals surface area contributed by atoms with Crippen LogP contribution in [0.4, 0.5) is 4.79 Å². The first-order chi connectivity index (χ1) is 15.0. The van der Waals surface area contributed by atoms with Crippen molar-refractivity contribution in [1.82, 2.24) is 15.5 Å². The normalized spacial score (nSPS) is 21.2. The molecule has 1 fully saturated rings. The first-order valence-corrected chi connectivity index (χ1v) is 10.9. The number of amides is 3. The summed E-state index contributed by atoms with van der Waals surface area (Å²) in [5.74, 6) is -2.32. The highest BCUT2D eigenvalue weighted by Crippen LogP contribution is 2.40. The van der Waals surface area contributed by atoms with Crippen LogP contribution in [-0.4, -0.2) is 68.4 Å². The molecule has 11 heteroatoms. The van der Waals surface area contributed by atoms with E-state index in [1.807, 2.05) is 0 Å². The van der Waals surface area contributed by atoms with Gasteiger partial charge in [0.15, 0.2) is 0 Å². The number of carboxylic acids is 1. The van der Waals surface area contributed by atoms with Gasteiger partial charge in [0.2, 0.25) is 5.91 Å². The molecule has 0 aromatic heterocycles. The summed E-state index contributed by atoms with van der Waals surface area (Å²) >= 11 is 1.25. The number of carbonyl (C=O) groups is 4. The van der Waals surface area contributed by atoms with Crippen LogP contribution in [0.2, 0.25) is 0 Å². The number of nitrogens with zero attached hydrogens (tertiary/aromatic N) is 1. The summed E-state index contributed by atoms with van der Waals surface area (Å²) in [6.45, 7) is 4.61. The summed E-state index contributed by atoms with van der Waals surface area (Å²) in [5, 5.41) is 23.4. The molecule has 4 N–H and O–H groups in total. The topological polar surface area (TPSA) is 145 Å². The Hall–Kier alpha value is -3.05. The van der Waals surface area contributed by atoms with E-state index in [0.29, 0.717) is 5.56 Å². The number of rotatable bonds is 6. The Balaban J connectivity index is 1.77. The molecule has 3 rings (SSSR count). The molecule has 2 aliphatic rings. The first kappa shape index (κ1) is 23.6. The third-order valence-corrected chi connectivity index (χ3v) is 6.13. The highest BCUT2D eigenvalue weighted by atomic mass is 32.2. The number of benzene rings is 1. The number of ether oxygens (including phenoxy) is 1.